The van der Waals surface area contributed by atoms with Gasteiger partial charge in [0.25, 0.3) is 0 Å². The van der Waals surface area contributed by atoms with E-state index in [0.717, 1.165) is 12.8 Å². The maximum absolute atomic E-state index is 12.2. The Labute approximate surface area is 133 Å². The molecule has 0 saturated heterocycles. The number of carboxylic acids is 1. The van der Waals surface area contributed by atoms with Gasteiger partial charge in [0.1, 0.15) is 11.1 Å². The lowest BCUT2D eigenvalue weighted by molar-refractivity contribution is -0.138. The third-order valence-corrected chi connectivity index (χ3v) is 4.61. The summed E-state index contributed by atoms with van der Waals surface area (Å²) in [6, 6.07) is 0. The molecular formula is C15H22N2O4S. The standard InChI is InChI=1S/C15H22N2O4S/c1-2-12(21-10-6-4-3-5-7-10)14(18)16-8-13-17-11(9-22-13)15(19)20/h9-10,12H,2-8H2,1H3,(H,16,18)(H,19,20). The third-order valence-electron chi connectivity index (χ3n) is 3.76. The normalized spacial score (nSPS) is 17.1. The lowest BCUT2D eigenvalue weighted by Crippen LogP contribution is -2.38. The molecule has 0 spiro atoms. The van der Waals surface area contributed by atoms with Crippen LogP contribution in [0.25, 0.3) is 0 Å². The third kappa shape index (κ3) is 4.78. The Balaban J connectivity index is 1.81. The van der Waals surface area contributed by atoms with E-state index in [0.29, 0.717) is 11.4 Å². The zero-order valence-corrected chi connectivity index (χ0v) is 13.5. The summed E-state index contributed by atoms with van der Waals surface area (Å²) >= 11 is 1.23. The number of aromatic nitrogens is 1. The summed E-state index contributed by atoms with van der Waals surface area (Å²) in [6.45, 7) is 2.17. The molecule has 122 valence electrons. The first-order chi connectivity index (χ1) is 10.6. The van der Waals surface area contributed by atoms with Gasteiger partial charge in [0.15, 0.2) is 5.69 Å². The van der Waals surface area contributed by atoms with E-state index >= 15 is 0 Å². The number of hydrogen-bond acceptors (Lipinski definition) is 5. The Morgan fingerprint density at radius 2 is 2.18 bits per heavy atom. The lowest BCUT2D eigenvalue weighted by atomic mass is 9.97. The zero-order chi connectivity index (χ0) is 15.9. The topological polar surface area (TPSA) is 88.5 Å². The molecule has 1 atom stereocenters. The molecule has 2 N–H and O–H groups in total. The second-order valence-corrected chi connectivity index (χ2v) is 6.39. The number of nitrogens with one attached hydrogen (secondary N) is 1. The fourth-order valence-electron chi connectivity index (χ4n) is 2.54. The van der Waals surface area contributed by atoms with E-state index in [1.165, 1.54) is 36.0 Å². The van der Waals surface area contributed by atoms with E-state index in [1.54, 1.807) is 0 Å². The molecule has 1 heterocycles. The molecule has 0 aromatic carbocycles. The molecule has 1 aromatic rings. The van der Waals surface area contributed by atoms with Gasteiger partial charge in [0.05, 0.1) is 12.6 Å². The van der Waals surface area contributed by atoms with Gasteiger partial charge < -0.3 is 15.2 Å². The Hall–Kier alpha value is -1.47. The van der Waals surface area contributed by atoms with E-state index in [4.69, 9.17) is 9.84 Å². The number of carboxylic acid groups (broad SMARTS) is 1. The molecule has 1 aliphatic carbocycles. The molecule has 6 nitrogen and oxygen atoms in total. The molecule has 0 aliphatic heterocycles. The van der Waals surface area contributed by atoms with Gasteiger partial charge in [-0.05, 0) is 19.3 Å². The number of amides is 1. The van der Waals surface area contributed by atoms with Crippen molar-refractivity contribution in [1.29, 1.82) is 0 Å². The van der Waals surface area contributed by atoms with E-state index in [9.17, 15) is 9.59 Å². The smallest absolute Gasteiger partial charge is 0.355 e. The second-order valence-electron chi connectivity index (χ2n) is 5.44. The fourth-order valence-corrected chi connectivity index (χ4v) is 3.25. The molecule has 7 heteroatoms. The van der Waals surface area contributed by atoms with Crippen LogP contribution in [0.1, 0.15) is 60.9 Å². The fraction of sp³-hybridized carbons (Fsp3) is 0.667. The number of aromatic carboxylic acids is 1. The monoisotopic (exact) mass is 326 g/mol. The van der Waals surface area contributed by atoms with Crippen LogP contribution in [0.4, 0.5) is 0 Å². The highest BCUT2D eigenvalue weighted by Gasteiger charge is 2.23. The molecule has 1 amide bonds. The van der Waals surface area contributed by atoms with Crippen LogP contribution in [-0.4, -0.2) is 34.2 Å². The van der Waals surface area contributed by atoms with Crippen molar-refractivity contribution < 1.29 is 19.4 Å². The Kier molecular flexibility index (Phi) is 6.33. The van der Waals surface area contributed by atoms with E-state index in [-0.39, 0.29) is 24.2 Å². The van der Waals surface area contributed by atoms with Gasteiger partial charge in [0.2, 0.25) is 5.91 Å². The highest BCUT2D eigenvalue weighted by atomic mass is 32.1. The minimum atomic E-state index is -1.05. The van der Waals surface area contributed by atoms with Crippen molar-refractivity contribution >= 4 is 23.2 Å². The predicted molar refractivity (Wildman–Crippen MR) is 83.0 cm³/mol. The Morgan fingerprint density at radius 1 is 1.45 bits per heavy atom. The first-order valence-electron chi connectivity index (χ1n) is 7.71. The van der Waals surface area contributed by atoms with Gasteiger partial charge in [-0.15, -0.1) is 11.3 Å². The lowest BCUT2D eigenvalue weighted by Gasteiger charge is -2.26. The molecule has 1 aromatic heterocycles. The van der Waals surface area contributed by atoms with Crippen molar-refractivity contribution in [3.8, 4) is 0 Å². The quantitative estimate of drug-likeness (QED) is 0.804. The molecule has 2 rings (SSSR count). The maximum atomic E-state index is 12.2. The molecule has 0 bridgehead atoms. The van der Waals surface area contributed by atoms with Crippen LogP contribution in [0.2, 0.25) is 0 Å². The maximum Gasteiger partial charge on any atom is 0.355 e. The molecule has 1 saturated carbocycles. The van der Waals surface area contributed by atoms with Gasteiger partial charge in [-0.1, -0.05) is 26.2 Å². The minimum absolute atomic E-state index is 0.0137. The van der Waals surface area contributed by atoms with Crippen LogP contribution >= 0.6 is 11.3 Å². The number of carbonyl (C=O) groups excluding carboxylic acids is 1. The number of carbonyl (C=O) groups is 2. The number of rotatable bonds is 7. The minimum Gasteiger partial charge on any atom is -0.476 e. The van der Waals surface area contributed by atoms with Crippen LogP contribution in [0.15, 0.2) is 5.38 Å². The molecule has 0 radical (unpaired) electrons. The molecular weight excluding hydrogens is 304 g/mol. The van der Waals surface area contributed by atoms with E-state index in [2.05, 4.69) is 10.3 Å². The number of nitrogens with zero attached hydrogens (tertiary/aromatic N) is 1. The van der Waals surface area contributed by atoms with Gasteiger partial charge in [-0.2, -0.15) is 0 Å². The Bertz CT molecular complexity index is 511. The van der Waals surface area contributed by atoms with Crippen LogP contribution in [0.3, 0.4) is 0 Å². The highest BCUT2D eigenvalue weighted by Crippen LogP contribution is 2.22. The van der Waals surface area contributed by atoms with Crippen LogP contribution in [0.5, 0.6) is 0 Å². The molecule has 1 unspecified atom stereocenters. The summed E-state index contributed by atoms with van der Waals surface area (Å²) in [6.07, 6.45) is 6.00. The second kappa shape index (κ2) is 8.24. The summed E-state index contributed by atoms with van der Waals surface area (Å²) in [5.74, 6) is -1.21. The summed E-state index contributed by atoms with van der Waals surface area (Å²) in [5, 5.41) is 13.7. The van der Waals surface area contributed by atoms with Gasteiger partial charge in [0, 0.05) is 5.38 Å². The summed E-state index contributed by atoms with van der Waals surface area (Å²) in [7, 11) is 0. The SMILES string of the molecule is CCC(OC1CCCCC1)C(=O)NCc1nc(C(=O)O)cs1. The average molecular weight is 326 g/mol. The van der Waals surface area contributed by atoms with Crippen molar-refractivity contribution in [2.45, 2.75) is 64.2 Å². The summed E-state index contributed by atoms with van der Waals surface area (Å²) < 4.78 is 5.91. The molecule has 22 heavy (non-hydrogen) atoms. The van der Waals surface area contributed by atoms with E-state index < -0.39 is 12.1 Å². The summed E-state index contributed by atoms with van der Waals surface area (Å²) in [5.41, 5.74) is 0.0137. The van der Waals surface area contributed by atoms with E-state index in [1.807, 2.05) is 6.92 Å². The van der Waals surface area contributed by atoms with Crippen molar-refractivity contribution in [3.63, 3.8) is 0 Å². The molecule has 1 aliphatic rings. The van der Waals surface area contributed by atoms with Crippen LogP contribution in [-0.2, 0) is 16.1 Å². The number of thiazole rings is 1. The van der Waals surface area contributed by atoms with Crippen LogP contribution < -0.4 is 5.32 Å². The number of hydrogen-bond donors (Lipinski definition) is 2. The molecule has 1 fully saturated rings. The number of ether oxygens (including phenoxy) is 1. The van der Waals surface area contributed by atoms with Crippen LogP contribution in [0, 0.1) is 0 Å². The summed E-state index contributed by atoms with van der Waals surface area (Å²) in [4.78, 5) is 26.9. The highest BCUT2D eigenvalue weighted by molar-refractivity contribution is 7.09. The van der Waals surface area contributed by atoms with Gasteiger partial charge in [-0.25, -0.2) is 9.78 Å². The van der Waals surface area contributed by atoms with Gasteiger partial charge >= 0.3 is 5.97 Å². The predicted octanol–water partition coefficient (Wildman–Crippen LogP) is 2.59. The van der Waals surface area contributed by atoms with Crippen molar-refractivity contribution in [2.24, 2.45) is 0 Å². The first-order valence-corrected chi connectivity index (χ1v) is 8.59. The van der Waals surface area contributed by atoms with Gasteiger partial charge in [-0.3, -0.25) is 4.79 Å². The van der Waals surface area contributed by atoms with Crippen molar-refractivity contribution in [1.82, 2.24) is 10.3 Å². The van der Waals surface area contributed by atoms with Crippen molar-refractivity contribution in [3.05, 3.63) is 16.1 Å². The largest absolute Gasteiger partial charge is 0.476 e. The average Bonchev–Trinajstić information content (AvgIpc) is 3.00. The zero-order valence-electron chi connectivity index (χ0n) is 12.7. The van der Waals surface area contributed by atoms with Crippen molar-refractivity contribution in [2.75, 3.05) is 0 Å². The Morgan fingerprint density at radius 3 is 2.77 bits per heavy atom. The first kappa shape index (κ1) is 16.9.